The number of phenols is 1. The third-order valence-electron chi connectivity index (χ3n) is 6.92. The average molecular weight is 691 g/mol. The third kappa shape index (κ3) is 7.45. The number of nitrogens with two attached hydrogens (primary N) is 1. The van der Waals surface area contributed by atoms with Crippen molar-refractivity contribution < 1.29 is 40.6 Å². The summed E-state index contributed by atoms with van der Waals surface area (Å²) in [7, 11) is -7.94. The fraction of sp³-hybridized carbons (Fsp3) is 0.0645. The maximum absolute atomic E-state index is 12.7. The summed E-state index contributed by atoms with van der Waals surface area (Å²) < 4.78 is 71.8. The fourth-order valence-corrected chi connectivity index (χ4v) is 5.61. The second-order valence-corrected chi connectivity index (χ2v) is 13.1. The highest BCUT2D eigenvalue weighted by Crippen LogP contribution is 2.43. The number of aryl methyl sites for hydroxylation is 1. The molecule has 17 heteroatoms. The summed E-state index contributed by atoms with van der Waals surface area (Å²) in [6.07, 6.45) is 0. The van der Waals surface area contributed by atoms with E-state index in [0.29, 0.717) is 28.2 Å². The molecule has 5 aromatic carbocycles. The SMILES string of the molecule is COc1cc(N=Nc2ccc(S(=O)(=O)O)cc2)c(C)cc1/N=N/c1c(S(=O)(=O)O)cc2cc(NC(=O)c3ccc(N)cc3)ccc2c1O. The van der Waals surface area contributed by atoms with Crippen LogP contribution in [0, 0.1) is 6.92 Å². The molecule has 0 saturated carbocycles. The molecule has 0 aliphatic rings. The van der Waals surface area contributed by atoms with E-state index < -0.39 is 42.5 Å². The molecule has 0 bridgehead atoms. The maximum Gasteiger partial charge on any atom is 0.296 e. The van der Waals surface area contributed by atoms with E-state index in [1.807, 2.05) is 0 Å². The van der Waals surface area contributed by atoms with Gasteiger partial charge in [-0.05, 0) is 96.7 Å². The van der Waals surface area contributed by atoms with Gasteiger partial charge in [0.25, 0.3) is 26.1 Å². The summed E-state index contributed by atoms with van der Waals surface area (Å²) in [6.45, 7) is 1.68. The first-order valence-corrected chi connectivity index (χ1v) is 16.6. The molecular formula is C31H26N6O9S2. The van der Waals surface area contributed by atoms with Crippen LogP contribution in [0.15, 0.2) is 115 Å². The van der Waals surface area contributed by atoms with Crippen LogP contribution in [0.25, 0.3) is 10.8 Å². The van der Waals surface area contributed by atoms with Crippen molar-refractivity contribution in [2.75, 3.05) is 18.2 Å². The Balaban J connectivity index is 1.47. The van der Waals surface area contributed by atoms with E-state index >= 15 is 0 Å². The van der Waals surface area contributed by atoms with Crippen molar-refractivity contribution >= 4 is 71.0 Å². The Bertz CT molecular complexity index is 2340. The van der Waals surface area contributed by atoms with Crippen LogP contribution in [0.2, 0.25) is 0 Å². The molecule has 0 aliphatic carbocycles. The topological polar surface area (TPSA) is 243 Å². The normalized spacial score (nSPS) is 12.2. The number of rotatable bonds is 9. The molecule has 6 N–H and O–H groups in total. The largest absolute Gasteiger partial charge is 0.505 e. The molecule has 1 amide bonds. The molecule has 0 atom stereocenters. The van der Waals surface area contributed by atoms with Gasteiger partial charge in [0.15, 0.2) is 5.75 Å². The minimum Gasteiger partial charge on any atom is -0.505 e. The Hall–Kier alpha value is -5.75. The van der Waals surface area contributed by atoms with Crippen molar-refractivity contribution in [1.29, 1.82) is 0 Å². The van der Waals surface area contributed by atoms with Gasteiger partial charge in [-0.15, -0.1) is 10.2 Å². The molecule has 246 valence electrons. The van der Waals surface area contributed by atoms with Gasteiger partial charge in [-0.2, -0.15) is 27.1 Å². The first kappa shape index (κ1) is 33.6. The Kier molecular flexibility index (Phi) is 9.22. The van der Waals surface area contributed by atoms with E-state index in [2.05, 4.69) is 25.8 Å². The first-order chi connectivity index (χ1) is 22.6. The second-order valence-electron chi connectivity index (χ2n) is 10.2. The van der Waals surface area contributed by atoms with Crippen LogP contribution in [-0.4, -0.2) is 44.1 Å². The second kappa shape index (κ2) is 13.2. The van der Waals surface area contributed by atoms with Crippen molar-refractivity contribution in [3.05, 3.63) is 96.1 Å². The van der Waals surface area contributed by atoms with Crippen molar-refractivity contribution in [1.82, 2.24) is 0 Å². The van der Waals surface area contributed by atoms with Crippen LogP contribution >= 0.6 is 0 Å². The number of hydrogen-bond acceptors (Lipinski definition) is 12. The van der Waals surface area contributed by atoms with Crippen LogP contribution in [-0.2, 0) is 20.2 Å². The number of azo groups is 2. The van der Waals surface area contributed by atoms with Crippen LogP contribution in [0.3, 0.4) is 0 Å². The molecule has 0 heterocycles. The predicted octanol–water partition coefficient (Wildman–Crippen LogP) is 7.02. The summed E-state index contributed by atoms with van der Waals surface area (Å²) in [5.74, 6) is -0.901. The number of carbonyl (C=O) groups is 1. The molecule has 5 rings (SSSR count). The predicted molar refractivity (Wildman–Crippen MR) is 177 cm³/mol. The van der Waals surface area contributed by atoms with Crippen LogP contribution in [0.1, 0.15) is 15.9 Å². The highest BCUT2D eigenvalue weighted by atomic mass is 32.2. The minimum atomic E-state index is -4.93. The molecule has 0 unspecified atom stereocenters. The third-order valence-corrected chi connectivity index (χ3v) is 8.66. The molecule has 0 aliphatic heterocycles. The lowest BCUT2D eigenvalue weighted by Gasteiger charge is -2.12. The lowest BCUT2D eigenvalue weighted by atomic mass is 10.1. The molecule has 0 fully saturated rings. The minimum absolute atomic E-state index is 0.118. The monoisotopic (exact) mass is 690 g/mol. The van der Waals surface area contributed by atoms with Crippen molar-refractivity contribution in [3.63, 3.8) is 0 Å². The van der Waals surface area contributed by atoms with E-state index in [4.69, 9.17) is 15.0 Å². The Morgan fingerprint density at radius 1 is 0.792 bits per heavy atom. The molecule has 48 heavy (non-hydrogen) atoms. The zero-order valence-electron chi connectivity index (χ0n) is 25.1. The maximum atomic E-state index is 12.7. The molecule has 5 aromatic rings. The van der Waals surface area contributed by atoms with Gasteiger partial charge in [0.2, 0.25) is 0 Å². The van der Waals surface area contributed by atoms with Crippen LogP contribution < -0.4 is 15.8 Å². The summed E-state index contributed by atoms with van der Waals surface area (Å²) in [4.78, 5) is 11.6. The van der Waals surface area contributed by atoms with E-state index in [1.165, 1.54) is 73.8 Å². The summed E-state index contributed by atoms with van der Waals surface area (Å²) in [5.41, 5.74) is 7.52. The number of hydrogen-bond donors (Lipinski definition) is 5. The Labute approximate surface area is 273 Å². The van der Waals surface area contributed by atoms with Crippen molar-refractivity contribution in [2.24, 2.45) is 20.5 Å². The van der Waals surface area contributed by atoms with E-state index in [9.17, 15) is 31.3 Å². The summed E-state index contributed by atoms with van der Waals surface area (Å²) in [5, 5.41) is 30.4. The van der Waals surface area contributed by atoms with Gasteiger partial charge in [0.1, 0.15) is 22.0 Å². The first-order valence-electron chi connectivity index (χ1n) is 13.7. The number of benzene rings is 5. The molecule has 0 aromatic heterocycles. The van der Waals surface area contributed by atoms with E-state index in [1.54, 1.807) is 19.1 Å². The summed E-state index contributed by atoms with van der Waals surface area (Å²) >= 11 is 0. The van der Waals surface area contributed by atoms with Gasteiger partial charge in [0, 0.05) is 28.4 Å². The van der Waals surface area contributed by atoms with E-state index in [-0.39, 0.29) is 32.8 Å². The van der Waals surface area contributed by atoms with Gasteiger partial charge in [-0.1, -0.05) is 0 Å². The quantitative estimate of drug-likeness (QED) is 0.0601. The van der Waals surface area contributed by atoms with Gasteiger partial charge in [-0.3, -0.25) is 13.9 Å². The molecule has 15 nitrogen and oxygen atoms in total. The zero-order valence-corrected chi connectivity index (χ0v) is 26.7. The number of anilines is 2. The Morgan fingerprint density at radius 2 is 1.46 bits per heavy atom. The summed E-state index contributed by atoms with van der Waals surface area (Å²) in [6, 6.07) is 19.7. The van der Waals surface area contributed by atoms with Gasteiger partial charge < -0.3 is 20.9 Å². The number of amides is 1. The highest BCUT2D eigenvalue weighted by molar-refractivity contribution is 7.86. The number of ether oxygens (including phenoxy) is 1. The highest BCUT2D eigenvalue weighted by Gasteiger charge is 2.23. The molecular weight excluding hydrogens is 665 g/mol. The Morgan fingerprint density at radius 3 is 2.08 bits per heavy atom. The van der Waals surface area contributed by atoms with Gasteiger partial charge >= 0.3 is 0 Å². The van der Waals surface area contributed by atoms with E-state index in [0.717, 1.165) is 6.07 Å². The standard InChI is InChI=1S/C31H26N6O9S2/c1-17-13-26(27(46-2)16-25(17)35-34-21-7-10-23(11-8-21)47(40,41)42)36-37-29-28(48(43,44)45)15-19-14-22(9-12-24(19)30(29)38)33-31(39)18-3-5-20(32)6-4-18/h3-16,38H,32H2,1-2H3,(H,33,39)(H,40,41,42)(H,43,44,45)/b35-34?,37-36+. The van der Waals surface area contributed by atoms with Crippen molar-refractivity contribution in [3.8, 4) is 11.5 Å². The average Bonchev–Trinajstić information content (AvgIpc) is 3.03. The number of nitrogen functional groups attached to an aromatic ring is 1. The molecule has 0 radical (unpaired) electrons. The fourth-order valence-electron chi connectivity index (χ4n) is 4.47. The number of phenolic OH excluding ortho intramolecular Hbond substituents is 1. The molecule has 0 saturated heterocycles. The van der Waals surface area contributed by atoms with Gasteiger partial charge in [-0.25, -0.2) is 0 Å². The van der Waals surface area contributed by atoms with Gasteiger partial charge in [0.05, 0.1) is 23.4 Å². The lowest BCUT2D eigenvalue weighted by Crippen LogP contribution is -2.11. The van der Waals surface area contributed by atoms with Crippen LogP contribution in [0.4, 0.5) is 34.1 Å². The van der Waals surface area contributed by atoms with Crippen LogP contribution in [0.5, 0.6) is 11.5 Å². The number of nitrogens with one attached hydrogen (secondary N) is 1. The number of methoxy groups -OCH3 is 1. The smallest absolute Gasteiger partial charge is 0.296 e. The number of nitrogens with zero attached hydrogens (tertiary/aromatic N) is 4. The zero-order chi connectivity index (χ0) is 34.8. The number of carbonyl (C=O) groups excluding carboxylic acids is 1. The van der Waals surface area contributed by atoms with Crippen molar-refractivity contribution in [2.45, 2.75) is 16.7 Å². The number of aromatic hydroxyl groups is 1. The number of fused-ring (bicyclic) bond motifs is 1. The molecule has 0 spiro atoms. The lowest BCUT2D eigenvalue weighted by molar-refractivity contribution is 0.102.